The summed E-state index contributed by atoms with van der Waals surface area (Å²) < 4.78 is 0.709. The summed E-state index contributed by atoms with van der Waals surface area (Å²) >= 11 is 6.77. The van der Waals surface area contributed by atoms with Gasteiger partial charge in [0.25, 0.3) is 0 Å². The van der Waals surface area contributed by atoms with Gasteiger partial charge in [0.1, 0.15) is 4.32 Å². The van der Waals surface area contributed by atoms with Crippen LogP contribution in [0.15, 0.2) is 54.6 Å². The first-order valence-corrected chi connectivity index (χ1v) is 8.25. The van der Waals surface area contributed by atoms with Crippen molar-refractivity contribution in [1.29, 1.82) is 0 Å². The van der Waals surface area contributed by atoms with Crippen LogP contribution in [0.4, 0.5) is 0 Å². The fourth-order valence-corrected chi connectivity index (χ4v) is 3.58. The predicted octanol–water partition coefficient (Wildman–Crippen LogP) is 3.76. The van der Waals surface area contributed by atoms with Crippen LogP contribution in [0.2, 0.25) is 0 Å². The zero-order chi connectivity index (χ0) is 14.7. The highest BCUT2D eigenvalue weighted by molar-refractivity contribution is 8.23. The third-order valence-corrected chi connectivity index (χ3v) is 4.91. The highest BCUT2D eigenvalue weighted by Gasteiger charge is 2.23. The molecule has 0 bridgehead atoms. The third-order valence-electron chi connectivity index (χ3n) is 3.48. The number of thioether (sulfide) groups is 1. The molecular formula is C17H15NOS2. The van der Waals surface area contributed by atoms with Gasteiger partial charge >= 0.3 is 0 Å². The van der Waals surface area contributed by atoms with Crippen LogP contribution in [-0.4, -0.2) is 27.4 Å². The van der Waals surface area contributed by atoms with Gasteiger partial charge < -0.3 is 0 Å². The average Bonchev–Trinajstić information content (AvgIpc) is 2.95. The molecule has 2 nitrogen and oxygen atoms in total. The highest BCUT2D eigenvalue weighted by Crippen LogP contribution is 2.21. The second-order valence-corrected chi connectivity index (χ2v) is 6.63. The molecule has 2 aromatic rings. The molecule has 0 radical (unpaired) electrons. The molecule has 4 heteroatoms. The van der Waals surface area contributed by atoms with E-state index in [-0.39, 0.29) is 5.91 Å². The van der Waals surface area contributed by atoms with Gasteiger partial charge in [0, 0.05) is 12.3 Å². The summed E-state index contributed by atoms with van der Waals surface area (Å²) in [6.45, 7) is 0.741. The Hall–Kier alpha value is -1.65. The van der Waals surface area contributed by atoms with Crippen LogP contribution in [0.1, 0.15) is 5.56 Å². The molecular weight excluding hydrogens is 298 g/mol. The van der Waals surface area contributed by atoms with Crippen molar-refractivity contribution < 1.29 is 4.79 Å². The summed E-state index contributed by atoms with van der Waals surface area (Å²) in [5.74, 6) is 1.01. The number of thiocarbonyl (C=S) groups is 1. The molecule has 0 spiro atoms. The molecule has 0 saturated carbocycles. The van der Waals surface area contributed by atoms with Crippen LogP contribution >= 0.6 is 24.0 Å². The summed E-state index contributed by atoms with van der Waals surface area (Å²) in [4.78, 5) is 13.9. The maximum absolute atomic E-state index is 12.2. The minimum absolute atomic E-state index is 0.0949. The first kappa shape index (κ1) is 14.3. The van der Waals surface area contributed by atoms with Crippen molar-refractivity contribution in [3.8, 4) is 11.1 Å². The number of hydrogen-bond acceptors (Lipinski definition) is 3. The molecule has 2 aromatic carbocycles. The summed E-state index contributed by atoms with van der Waals surface area (Å²) in [6.07, 6.45) is 0.412. The minimum atomic E-state index is 0.0949. The molecule has 1 heterocycles. The molecule has 0 aliphatic carbocycles. The average molecular weight is 313 g/mol. The second kappa shape index (κ2) is 6.41. The number of carbonyl (C=O) groups excluding carboxylic acids is 1. The third kappa shape index (κ3) is 3.34. The molecule has 0 atom stereocenters. The fourth-order valence-electron chi connectivity index (χ4n) is 2.34. The topological polar surface area (TPSA) is 20.3 Å². The quantitative estimate of drug-likeness (QED) is 0.805. The van der Waals surface area contributed by atoms with Crippen LogP contribution in [0.25, 0.3) is 11.1 Å². The lowest BCUT2D eigenvalue weighted by Gasteiger charge is -2.14. The van der Waals surface area contributed by atoms with Gasteiger partial charge in [-0.15, -0.1) is 0 Å². The van der Waals surface area contributed by atoms with E-state index in [0.717, 1.165) is 17.9 Å². The molecule has 3 rings (SSSR count). The number of carbonyl (C=O) groups is 1. The first-order chi connectivity index (χ1) is 10.2. The van der Waals surface area contributed by atoms with Gasteiger partial charge in [-0.25, -0.2) is 0 Å². The first-order valence-electron chi connectivity index (χ1n) is 6.85. The molecule has 0 N–H and O–H groups in total. The van der Waals surface area contributed by atoms with E-state index < -0.39 is 0 Å². The number of hydrogen-bond donors (Lipinski definition) is 0. The number of benzene rings is 2. The molecule has 21 heavy (non-hydrogen) atoms. The summed E-state index contributed by atoms with van der Waals surface area (Å²) in [5.41, 5.74) is 3.38. The van der Waals surface area contributed by atoms with Gasteiger partial charge in [0.05, 0.1) is 6.42 Å². The highest BCUT2D eigenvalue weighted by atomic mass is 32.2. The molecule has 1 aliphatic rings. The summed E-state index contributed by atoms with van der Waals surface area (Å²) in [5, 5.41) is 0. The Labute approximate surface area is 134 Å². The van der Waals surface area contributed by atoms with E-state index in [9.17, 15) is 4.79 Å². The number of rotatable bonds is 3. The van der Waals surface area contributed by atoms with E-state index in [1.165, 1.54) is 11.1 Å². The molecule has 0 aromatic heterocycles. The zero-order valence-corrected chi connectivity index (χ0v) is 13.1. The Morgan fingerprint density at radius 2 is 1.71 bits per heavy atom. The zero-order valence-electron chi connectivity index (χ0n) is 11.5. The maximum Gasteiger partial charge on any atom is 0.232 e. The lowest BCUT2D eigenvalue weighted by atomic mass is 10.0. The Bertz CT molecular complexity index is 652. The van der Waals surface area contributed by atoms with Crippen LogP contribution in [0, 0.1) is 0 Å². The number of amides is 1. The van der Waals surface area contributed by atoms with Crippen molar-refractivity contribution in [3.05, 3.63) is 60.2 Å². The van der Waals surface area contributed by atoms with Gasteiger partial charge in [-0.05, 0) is 16.7 Å². The van der Waals surface area contributed by atoms with Crippen molar-refractivity contribution in [2.24, 2.45) is 0 Å². The van der Waals surface area contributed by atoms with Crippen molar-refractivity contribution in [1.82, 2.24) is 4.90 Å². The molecule has 1 fully saturated rings. The Kier molecular flexibility index (Phi) is 4.36. The fraction of sp³-hybridized carbons (Fsp3) is 0.176. The smallest absolute Gasteiger partial charge is 0.232 e. The summed E-state index contributed by atoms with van der Waals surface area (Å²) in [6, 6.07) is 18.4. The maximum atomic E-state index is 12.2. The van der Waals surface area contributed by atoms with Crippen molar-refractivity contribution in [2.75, 3.05) is 12.3 Å². The number of nitrogens with zero attached hydrogens (tertiary/aromatic N) is 1. The van der Waals surface area contributed by atoms with Gasteiger partial charge in [-0.1, -0.05) is 78.6 Å². The molecule has 1 aliphatic heterocycles. The lowest BCUT2D eigenvalue weighted by Crippen LogP contribution is -2.31. The van der Waals surface area contributed by atoms with Gasteiger partial charge in [0.2, 0.25) is 5.91 Å². The summed E-state index contributed by atoms with van der Waals surface area (Å²) in [7, 11) is 0. The van der Waals surface area contributed by atoms with E-state index in [1.54, 1.807) is 16.7 Å². The Balaban J connectivity index is 1.70. The van der Waals surface area contributed by atoms with Gasteiger partial charge in [0.15, 0.2) is 0 Å². The van der Waals surface area contributed by atoms with Gasteiger partial charge in [-0.3, -0.25) is 9.69 Å². The predicted molar refractivity (Wildman–Crippen MR) is 92.4 cm³/mol. The monoisotopic (exact) mass is 313 g/mol. The standard InChI is InChI=1S/C17H15NOS2/c19-16(18-10-11-21-17(18)20)12-13-6-8-15(9-7-13)14-4-2-1-3-5-14/h1-9H,10-12H2. The van der Waals surface area contributed by atoms with E-state index in [4.69, 9.17) is 12.2 Å². The van der Waals surface area contributed by atoms with Crippen molar-refractivity contribution >= 4 is 34.2 Å². The van der Waals surface area contributed by atoms with E-state index >= 15 is 0 Å². The second-order valence-electron chi connectivity index (χ2n) is 4.90. The van der Waals surface area contributed by atoms with E-state index in [0.29, 0.717) is 10.7 Å². The van der Waals surface area contributed by atoms with Crippen LogP contribution < -0.4 is 0 Å². The molecule has 1 saturated heterocycles. The Morgan fingerprint density at radius 1 is 1.05 bits per heavy atom. The Morgan fingerprint density at radius 3 is 2.33 bits per heavy atom. The SMILES string of the molecule is O=C(Cc1ccc(-c2ccccc2)cc1)N1CCSC1=S. The molecule has 106 valence electrons. The van der Waals surface area contributed by atoms with E-state index in [1.807, 2.05) is 30.3 Å². The van der Waals surface area contributed by atoms with Crippen LogP contribution in [0.3, 0.4) is 0 Å². The van der Waals surface area contributed by atoms with Crippen molar-refractivity contribution in [2.45, 2.75) is 6.42 Å². The normalized spacial score (nSPS) is 14.5. The molecule has 0 unspecified atom stereocenters. The lowest BCUT2D eigenvalue weighted by molar-refractivity contribution is -0.126. The van der Waals surface area contributed by atoms with E-state index in [2.05, 4.69) is 24.3 Å². The minimum Gasteiger partial charge on any atom is -0.297 e. The van der Waals surface area contributed by atoms with Crippen molar-refractivity contribution in [3.63, 3.8) is 0 Å². The van der Waals surface area contributed by atoms with Gasteiger partial charge in [-0.2, -0.15) is 0 Å². The van der Waals surface area contributed by atoms with Crippen LogP contribution in [-0.2, 0) is 11.2 Å². The van der Waals surface area contributed by atoms with Crippen LogP contribution in [0.5, 0.6) is 0 Å². The largest absolute Gasteiger partial charge is 0.297 e. The molecule has 1 amide bonds.